The highest BCUT2D eigenvalue weighted by Gasteiger charge is 2.51. The van der Waals surface area contributed by atoms with Gasteiger partial charge < -0.3 is 9.84 Å². The molecule has 0 amide bonds. The molecule has 15 heavy (non-hydrogen) atoms. The van der Waals surface area contributed by atoms with E-state index >= 15 is 0 Å². The molecule has 0 aliphatic carbocycles. The lowest BCUT2D eigenvalue weighted by Crippen LogP contribution is -2.60. The van der Waals surface area contributed by atoms with Crippen LogP contribution in [0.25, 0.3) is 0 Å². The van der Waals surface area contributed by atoms with Crippen LogP contribution in [0.4, 0.5) is 0 Å². The molecule has 2 rings (SSSR count). The SMILES string of the molecule is Cc1ccc(C2(C(C)(C)O)COC2)cc1. The lowest BCUT2D eigenvalue weighted by atomic mass is 9.67. The van der Waals surface area contributed by atoms with E-state index in [4.69, 9.17) is 4.74 Å². The van der Waals surface area contributed by atoms with Gasteiger partial charge in [-0.2, -0.15) is 0 Å². The smallest absolute Gasteiger partial charge is 0.0732 e. The molecular formula is C13H18O2. The summed E-state index contributed by atoms with van der Waals surface area (Å²) in [5.74, 6) is 0. The van der Waals surface area contributed by atoms with Gasteiger partial charge in [0.05, 0.1) is 24.2 Å². The molecule has 1 heterocycles. The quantitative estimate of drug-likeness (QED) is 0.802. The highest BCUT2D eigenvalue weighted by molar-refractivity contribution is 5.34. The van der Waals surface area contributed by atoms with Gasteiger partial charge in [-0.3, -0.25) is 0 Å². The number of aliphatic hydroxyl groups is 1. The summed E-state index contributed by atoms with van der Waals surface area (Å²) in [4.78, 5) is 0. The highest BCUT2D eigenvalue weighted by Crippen LogP contribution is 2.41. The Morgan fingerprint density at radius 3 is 2.07 bits per heavy atom. The third-order valence-corrected chi connectivity index (χ3v) is 3.47. The molecule has 1 aliphatic heterocycles. The predicted molar refractivity (Wildman–Crippen MR) is 60.0 cm³/mol. The summed E-state index contributed by atoms with van der Waals surface area (Å²) in [6, 6.07) is 8.36. The molecular weight excluding hydrogens is 188 g/mol. The van der Waals surface area contributed by atoms with E-state index in [1.54, 1.807) is 0 Å². The fourth-order valence-electron chi connectivity index (χ4n) is 2.05. The summed E-state index contributed by atoms with van der Waals surface area (Å²) >= 11 is 0. The minimum Gasteiger partial charge on any atom is -0.389 e. The van der Waals surface area contributed by atoms with Crippen LogP contribution >= 0.6 is 0 Å². The lowest BCUT2D eigenvalue weighted by Gasteiger charge is -2.50. The monoisotopic (exact) mass is 206 g/mol. The second kappa shape index (κ2) is 3.32. The van der Waals surface area contributed by atoms with E-state index in [0.29, 0.717) is 13.2 Å². The Bertz CT molecular complexity index is 342. The summed E-state index contributed by atoms with van der Waals surface area (Å²) < 4.78 is 5.29. The van der Waals surface area contributed by atoms with E-state index in [2.05, 4.69) is 31.2 Å². The van der Waals surface area contributed by atoms with E-state index in [-0.39, 0.29) is 5.41 Å². The molecule has 82 valence electrons. The Hall–Kier alpha value is -0.860. The Morgan fingerprint density at radius 2 is 1.73 bits per heavy atom. The van der Waals surface area contributed by atoms with Gasteiger partial charge in [-0.1, -0.05) is 29.8 Å². The van der Waals surface area contributed by atoms with Gasteiger partial charge in [0.2, 0.25) is 0 Å². The number of hydrogen-bond donors (Lipinski definition) is 1. The maximum Gasteiger partial charge on any atom is 0.0732 e. The average Bonchev–Trinajstić information content (AvgIpc) is 2.03. The van der Waals surface area contributed by atoms with Crippen LogP contribution in [0.1, 0.15) is 25.0 Å². The molecule has 0 aromatic heterocycles. The topological polar surface area (TPSA) is 29.5 Å². The van der Waals surface area contributed by atoms with E-state index in [0.717, 1.165) is 0 Å². The van der Waals surface area contributed by atoms with Crippen LogP contribution in [0.3, 0.4) is 0 Å². The summed E-state index contributed by atoms with van der Waals surface area (Å²) in [5.41, 5.74) is 1.46. The van der Waals surface area contributed by atoms with Gasteiger partial charge in [-0.05, 0) is 26.3 Å². The highest BCUT2D eigenvalue weighted by atomic mass is 16.5. The van der Waals surface area contributed by atoms with Gasteiger partial charge in [0, 0.05) is 0 Å². The molecule has 2 heteroatoms. The zero-order chi connectivity index (χ0) is 11.1. The van der Waals surface area contributed by atoms with Crippen molar-refractivity contribution < 1.29 is 9.84 Å². The molecule has 1 aromatic rings. The molecule has 1 fully saturated rings. The van der Waals surface area contributed by atoms with Crippen LogP contribution in [0.15, 0.2) is 24.3 Å². The Labute approximate surface area is 90.9 Å². The van der Waals surface area contributed by atoms with E-state index in [1.165, 1.54) is 11.1 Å². The lowest BCUT2D eigenvalue weighted by molar-refractivity contribution is -0.157. The van der Waals surface area contributed by atoms with Crippen molar-refractivity contribution in [1.29, 1.82) is 0 Å². The number of aryl methyl sites for hydroxylation is 1. The summed E-state index contributed by atoms with van der Waals surface area (Å²) in [7, 11) is 0. The maximum absolute atomic E-state index is 10.2. The Morgan fingerprint density at radius 1 is 1.20 bits per heavy atom. The van der Waals surface area contributed by atoms with Crippen molar-refractivity contribution in [3.8, 4) is 0 Å². The van der Waals surface area contributed by atoms with Crippen LogP contribution in [-0.4, -0.2) is 23.9 Å². The fraction of sp³-hybridized carbons (Fsp3) is 0.538. The van der Waals surface area contributed by atoms with Crippen molar-refractivity contribution in [2.75, 3.05) is 13.2 Å². The standard InChI is InChI=1S/C13H18O2/c1-10-4-6-11(7-5-10)13(8-15-9-13)12(2,3)14/h4-7,14H,8-9H2,1-3H3. The van der Waals surface area contributed by atoms with Crippen LogP contribution in [0.5, 0.6) is 0 Å². The molecule has 0 radical (unpaired) electrons. The summed E-state index contributed by atoms with van der Waals surface area (Å²) in [6.45, 7) is 7.00. The molecule has 1 saturated heterocycles. The first kappa shape index (κ1) is 10.7. The van der Waals surface area contributed by atoms with E-state index < -0.39 is 5.60 Å². The van der Waals surface area contributed by atoms with Crippen molar-refractivity contribution in [3.05, 3.63) is 35.4 Å². The number of ether oxygens (including phenoxy) is 1. The third kappa shape index (κ3) is 1.58. The van der Waals surface area contributed by atoms with Crippen molar-refractivity contribution >= 4 is 0 Å². The number of benzene rings is 1. The van der Waals surface area contributed by atoms with E-state index in [9.17, 15) is 5.11 Å². The van der Waals surface area contributed by atoms with Crippen molar-refractivity contribution in [3.63, 3.8) is 0 Å². The van der Waals surface area contributed by atoms with Crippen molar-refractivity contribution in [2.24, 2.45) is 0 Å². The minimum absolute atomic E-state index is 0.222. The molecule has 0 bridgehead atoms. The molecule has 2 nitrogen and oxygen atoms in total. The molecule has 0 atom stereocenters. The van der Waals surface area contributed by atoms with Crippen molar-refractivity contribution in [1.82, 2.24) is 0 Å². The average molecular weight is 206 g/mol. The van der Waals surface area contributed by atoms with Gasteiger partial charge in [0.25, 0.3) is 0 Å². The predicted octanol–water partition coefficient (Wildman–Crippen LogP) is 2.03. The van der Waals surface area contributed by atoms with Crippen LogP contribution in [0, 0.1) is 6.92 Å². The largest absolute Gasteiger partial charge is 0.389 e. The summed E-state index contributed by atoms with van der Waals surface area (Å²) in [6.07, 6.45) is 0. The third-order valence-electron chi connectivity index (χ3n) is 3.47. The van der Waals surface area contributed by atoms with Gasteiger partial charge in [-0.15, -0.1) is 0 Å². The Balaban J connectivity index is 2.39. The van der Waals surface area contributed by atoms with Crippen molar-refractivity contribution in [2.45, 2.75) is 31.8 Å². The van der Waals surface area contributed by atoms with Crippen LogP contribution in [0.2, 0.25) is 0 Å². The molecule has 1 aromatic carbocycles. The fourth-order valence-corrected chi connectivity index (χ4v) is 2.05. The Kier molecular flexibility index (Phi) is 2.36. The maximum atomic E-state index is 10.2. The normalized spacial score (nSPS) is 19.7. The number of rotatable bonds is 2. The molecule has 0 unspecified atom stereocenters. The second-order valence-corrected chi connectivity index (χ2v) is 5.00. The number of hydrogen-bond acceptors (Lipinski definition) is 2. The molecule has 0 spiro atoms. The molecule has 0 saturated carbocycles. The first-order valence-electron chi connectivity index (χ1n) is 5.33. The van der Waals surface area contributed by atoms with E-state index in [1.807, 2.05) is 13.8 Å². The molecule has 1 aliphatic rings. The first-order valence-corrected chi connectivity index (χ1v) is 5.33. The van der Waals surface area contributed by atoms with Gasteiger partial charge in [0.15, 0.2) is 0 Å². The van der Waals surface area contributed by atoms with Gasteiger partial charge in [-0.25, -0.2) is 0 Å². The zero-order valence-corrected chi connectivity index (χ0v) is 9.58. The zero-order valence-electron chi connectivity index (χ0n) is 9.58. The van der Waals surface area contributed by atoms with Gasteiger partial charge >= 0.3 is 0 Å². The summed E-state index contributed by atoms with van der Waals surface area (Å²) in [5, 5.41) is 10.2. The van der Waals surface area contributed by atoms with Crippen LogP contribution in [-0.2, 0) is 10.2 Å². The minimum atomic E-state index is -0.736. The first-order chi connectivity index (χ1) is 6.96. The molecule has 1 N–H and O–H groups in total. The van der Waals surface area contributed by atoms with Gasteiger partial charge in [0.1, 0.15) is 0 Å². The second-order valence-electron chi connectivity index (χ2n) is 5.00. The van der Waals surface area contributed by atoms with Crippen LogP contribution < -0.4 is 0 Å².